The van der Waals surface area contributed by atoms with Gasteiger partial charge in [0, 0.05) is 31.6 Å². The molecule has 1 N–H and O–H groups in total. The fraction of sp³-hybridized carbons (Fsp3) is 0.500. The van der Waals surface area contributed by atoms with E-state index in [4.69, 9.17) is 4.74 Å². The van der Waals surface area contributed by atoms with Gasteiger partial charge in [-0.05, 0) is 38.3 Å². The Kier molecular flexibility index (Phi) is 5.79. The van der Waals surface area contributed by atoms with Crippen LogP contribution in [-0.2, 0) is 24.3 Å². The van der Waals surface area contributed by atoms with E-state index in [1.54, 1.807) is 30.0 Å². The van der Waals surface area contributed by atoms with E-state index in [9.17, 15) is 18.0 Å². The molecule has 2 heterocycles. The van der Waals surface area contributed by atoms with Gasteiger partial charge in [0.2, 0.25) is 0 Å². The number of benzene rings is 1. The van der Waals surface area contributed by atoms with Crippen molar-refractivity contribution in [2.24, 2.45) is 4.99 Å². The monoisotopic (exact) mass is 393 g/mol. The summed E-state index contributed by atoms with van der Waals surface area (Å²) in [5.41, 5.74) is 0.532. The largest absolute Gasteiger partial charge is 0.453 e. The van der Waals surface area contributed by atoms with Crippen molar-refractivity contribution in [3.63, 3.8) is 0 Å². The summed E-state index contributed by atoms with van der Waals surface area (Å²) in [6, 6.07) is 6.61. The Hall–Kier alpha value is -2.42. The van der Waals surface area contributed by atoms with Crippen LogP contribution in [0.3, 0.4) is 0 Å². The summed E-state index contributed by atoms with van der Waals surface area (Å²) >= 11 is 0. The first kappa shape index (κ1) is 19.3. The molecule has 1 fully saturated rings. The highest BCUT2D eigenvalue weighted by Gasteiger charge is 2.30. The van der Waals surface area contributed by atoms with Gasteiger partial charge in [0.05, 0.1) is 4.90 Å². The van der Waals surface area contributed by atoms with Crippen molar-refractivity contribution in [2.75, 3.05) is 19.6 Å². The smallest absolute Gasteiger partial charge is 0.306 e. The van der Waals surface area contributed by atoms with Gasteiger partial charge in [-0.15, -0.1) is 0 Å². The standard InChI is InChI=1S/C18H23N3O5S/c1-13(18(23)21-11-4-5-12-21)26-16(22)9-6-10-19-17-14-7-2-3-8-15(14)27(24,25)20-17/h2-3,7-8,13H,4-6,9-12H2,1H3,(H,19,20). The zero-order valence-corrected chi connectivity index (χ0v) is 16.0. The molecular weight excluding hydrogens is 370 g/mol. The molecule has 146 valence electrons. The van der Waals surface area contributed by atoms with Crippen molar-refractivity contribution in [3.8, 4) is 0 Å². The number of fused-ring (bicyclic) bond motifs is 1. The first-order valence-electron chi connectivity index (χ1n) is 9.03. The molecule has 0 aliphatic carbocycles. The number of nitrogens with one attached hydrogen (secondary N) is 1. The SMILES string of the molecule is CC(OC(=O)CCCN=C1NS(=O)(=O)c2ccccc21)C(=O)N1CCCC1. The third-order valence-corrected chi connectivity index (χ3v) is 5.94. The van der Waals surface area contributed by atoms with Crippen LogP contribution in [0.1, 0.15) is 38.2 Å². The minimum Gasteiger partial charge on any atom is -0.453 e. The molecular formula is C18H23N3O5S. The van der Waals surface area contributed by atoms with E-state index in [2.05, 4.69) is 9.71 Å². The molecule has 2 aliphatic rings. The number of esters is 1. The molecule has 9 heteroatoms. The summed E-state index contributed by atoms with van der Waals surface area (Å²) in [7, 11) is -3.56. The molecule has 1 aromatic carbocycles. The van der Waals surface area contributed by atoms with Crippen molar-refractivity contribution >= 4 is 27.7 Å². The molecule has 8 nitrogen and oxygen atoms in total. The summed E-state index contributed by atoms with van der Waals surface area (Å²) in [6.07, 6.45) is 1.70. The van der Waals surface area contributed by atoms with Gasteiger partial charge in [0.1, 0.15) is 5.84 Å². The third-order valence-electron chi connectivity index (χ3n) is 4.55. The predicted molar refractivity (Wildman–Crippen MR) is 98.8 cm³/mol. The number of carbonyl (C=O) groups excluding carboxylic acids is 2. The third kappa shape index (κ3) is 4.47. The number of rotatable bonds is 6. The molecule has 0 aromatic heterocycles. The minimum atomic E-state index is -3.56. The topological polar surface area (TPSA) is 105 Å². The molecule has 0 spiro atoms. The molecule has 0 saturated carbocycles. The second-order valence-corrected chi connectivity index (χ2v) is 8.25. The van der Waals surface area contributed by atoms with Crippen LogP contribution in [0.15, 0.2) is 34.2 Å². The highest BCUT2D eigenvalue weighted by atomic mass is 32.2. The maximum absolute atomic E-state index is 12.1. The number of hydrogen-bond donors (Lipinski definition) is 1. The molecule has 0 bridgehead atoms. The molecule has 1 saturated heterocycles. The number of aliphatic imine (C=N–C) groups is 1. The number of nitrogens with zero attached hydrogens (tertiary/aromatic N) is 2. The minimum absolute atomic E-state index is 0.114. The predicted octanol–water partition coefficient (Wildman–Crippen LogP) is 1.06. The summed E-state index contributed by atoms with van der Waals surface area (Å²) in [6.45, 7) is 3.30. The molecule has 3 rings (SSSR count). The zero-order valence-electron chi connectivity index (χ0n) is 15.2. The van der Waals surface area contributed by atoms with Crippen LogP contribution in [0.4, 0.5) is 0 Å². The van der Waals surface area contributed by atoms with E-state index < -0.39 is 22.1 Å². The number of amides is 1. The van der Waals surface area contributed by atoms with Crippen molar-refractivity contribution in [1.82, 2.24) is 9.62 Å². The van der Waals surface area contributed by atoms with Gasteiger partial charge in [-0.3, -0.25) is 19.3 Å². The Morgan fingerprint density at radius 1 is 1.26 bits per heavy atom. The van der Waals surface area contributed by atoms with E-state index >= 15 is 0 Å². The lowest BCUT2D eigenvalue weighted by Crippen LogP contribution is -2.38. The molecule has 1 amide bonds. The molecule has 2 aliphatic heterocycles. The molecule has 0 radical (unpaired) electrons. The number of carbonyl (C=O) groups is 2. The lowest BCUT2D eigenvalue weighted by Gasteiger charge is -2.20. The average Bonchev–Trinajstić information content (AvgIpc) is 3.25. The van der Waals surface area contributed by atoms with Crippen molar-refractivity contribution in [1.29, 1.82) is 0 Å². The maximum Gasteiger partial charge on any atom is 0.306 e. The highest BCUT2D eigenvalue weighted by Crippen LogP contribution is 2.22. The van der Waals surface area contributed by atoms with E-state index in [0.29, 0.717) is 12.0 Å². The summed E-state index contributed by atoms with van der Waals surface area (Å²) in [5, 5.41) is 0. The van der Waals surface area contributed by atoms with Gasteiger partial charge in [-0.1, -0.05) is 12.1 Å². The zero-order chi connectivity index (χ0) is 19.4. The fourth-order valence-corrected chi connectivity index (χ4v) is 4.42. The molecule has 1 aromatic rings. The Morgan fingerprint density at radius 3 is 2.70 bits per heavy atom. The molecule has 1 unspecified atom stereocenters. The van der Waals surface area contributed by atoms with Crippen LogP contribution in [0.5, 0.6) is 0 Å². The van der Waals surface area contributed by atoms with Crippen LogP contribution in [0.25, 0.3) is 0 Å². The van der Waals surface area contributed by atoms with Gasteiger partial charge in [0.15, 0.2) is 6.10 Å². The van der Waals surface area contributed by atoms with Crippen LogP contribution < -0.4 is 4.72 Å². The van der Waals surface area contributed by atoms with E-state index in [0.717, 1.165) is 25.9 Å². The van der Waals surface area contributed by atoms with Gasteiger partial charge in [-0.2, -0.15) is 0 Å². The number of ether oxygens (including phenoxy) is 1. The summed E-state index contributed by atoms with van der Waals surface area (Å²) < 4.78 is 31.6. The molecule has 1 atom stereocenters. The first-order chi connectivity index (χ1) is 12.9. The van der Waals surface area contributed by atoms with Crippen molar-refractivity contribution in [2.45, 2.75) is 43.6 Å². The second kappa shape index (κ2) is 8.08. The van der Waals surface area contributed by atoms with Gasteiger partial charge < -0.3 is 9.64 Å². The maximum atomic E-state index is 12.1. The second-order valence-electron chi connectivity index (χ2n) is 6.60. The summed E-state index contributed by atoms with van der Waals surface area (Å²) in [5.74, 6) is -0.322. The van der Waals surface area contributed by atoms with Gasteiger partial charge in [-0.25, -0.2) is 8.42 Å². The fourth-order valence-electron chi connectivity index (χ4n) is 3.17. The van der Waals surface area contributed by atoms with Crippen LogP contribution in [0.2, 0.25) is 0 Å². The Morgan fingerprint density at radius 2 is 1.96 bits per heavy atom. The van der Waals surface area contributed by atoms with Crippen molar-refractivity contribution in [3.05, 3.63) is 29.8 Å². The molecule has 27 heavy (non-hydrogen) atoms. The van der Waals surface area contributed by atoms with Crippen LogP contribution in [-0.4, -0.2) is 56.8 Å². The van der Waals surface area contributed by atoms with E-state index in [1.807, 2.05) is 0 Å². The van der Waals surface area contributed by atoms with Gasteiger partial charge >= 0.3 is 5.97 Å². The highest BCUT2D eigenvalue weighted by molar-refractivity contribution is 7.90. The Balaban J connectivity index is 1.47. The number of likely N-dealkylation sites (tertiary alicyclic amines) is 1. The lowest BCUT2D eigenvalue weighted by molar-refractivity contribution is -0.158. The Labute approximate surface area is 158 Å². The number of amidine groups is 1. The van der Waals surface area contributed by atoms with Crippen LogP contribution >= 0.6 is 0 Å². The summed E-state index contributed by atoms with van der Waals surface area (Å²) in [4.78, 5) is 30.2. The normalized spacial score (nSPS) is 20.2. The average molecular weight is 393 g/mol. The number of sulfonamides is 1. The lowest BCUT2D eigenvalue weighted by atomic mass is 10.2. The van der Waals surface area contributed by atoms with Crippen LogP contribution in [0, 0.1) is 0 Å². The number of hydrogen-bond acceptors (Lipinski definition) is 6. The van der Waals surface area contributed by atoms with E-state index in [-0.39, 0.29) is 29.6 Å². The van der Waals surface area contributed by atoms with Gasteiger partial charge in [0.25, 0.3) is 15.9 Å². The first-order valence-corrected chi connectivity index (χ1v) is 10.5. The Bertz CT molecular complexity index is 860. The van der Waals surface area contributed by atoms with Crippen molar-refractivity contribution < 1.29 is 22.7 Å². The quantitative estimate of drug-likeness (QED) is 0.575. The van der Waals surface area contributed by atoms with E-state index in [1.165, 1.54) is 6.07 Å².